The highest BCUT2D eigenvalue weighted by molar-refractivity contribution is 5.53. The number of para-hydroxylation sites is 1. The SMILES string of the molecule is Cc1cccc(F)c1NC(C)c1ccc(O)cc1. The molecule has 94 valence electrons. The number of benzene rings is 2. The molecule has 0 aliphatic rings. The fourth-order valence-corrected chi connectivity index (χ4v) is 1.88. The molecule has 2 nitrogen and oxygen atoms in total. The predicted molar refractivity (Wildman–Crippen MR) is 71.3 cm³/mol. The number of phenolic OH excluding ortho intramolecular Hbond substituents is 1. The maximum atomic E-state index is 13.7. The Morgan fingerprint density at radius 2 is 1.78 bits per heavy atom. The van der Waals surface area contributed by atoms with E-state index < -0.39 is 0 Å². The highest BCUT2D eigenvalue weighted by Crippen LogP contribution is 2.25. The van der Waals surface area contributed by atoms with Gasteiger partial charge in [0, 0.05) is 6.04 Å². The van der Waals surface area contributed by atoms with Gasteiger partial charge in [-0.3, -0.25) is 0 Å². The summed E-state index contributed by atoms with van der Waals surface area (Å²) in [6.07, 6.45) is 0. The van der Waals surface area contributed by atoms with Crippen LogP contribution in [0.5, 0.6) is 5.75 Å². The minimum absolute atomic E-state index is 0.0267. The summed E-state index contributed by atoms with van der Waals surface area (Å²) >= 11 is 0. The number of aromatic hydroxyl groups is 1. The van der Waals surface area contributed by atoms with Gasteiger partial charge in [-0.05, 0) is 43.2 Å². The third-order valence-corrected chi connectivity index (χ3v) is 2.98. The summed E-state index contributed by atoms with van der Waals surface area (Å²) in [4.78, 5) is 0. The largest absolute Gasteiger partial charge is 0.508 e. The summed E-state index contributed by atoms with van der Waals surface area (Å²) in [6, 6.07) is 11.9. The maximum Gasteiger partial charge on any atom is 0.146 e. The number of aryl methyl sites for hydroxylation is 1. The molecule has 0 bridgehead atoms. The zero-order valence-electron chi connectivity index (χ0n) is 10.4. The first-order valence-corrected chi connectivity index (χ1v) is 5.88. The van der Waals surface area contributed by atoms with E-state index in [1.165, 1.54) is 6.07 Å². The molecular weight excluding hydrogens is 229 g/mol. The molecule has 0 aliphatic carbocycles. The number of hydrogen-bond donors (Lipinski definition) is 2. The fourth-order valence-electron chi connectivity index (χ4n) is 1.88. The van der Waals surface area contributed by atoms with Crippen LogP contribution >= 0.6 is 0 Å². The minimum atomic E-state index is -0.249. The van der Waals surface area contributed by atoms with E-state index in [1.54, 1.807) is 18.2 Å². The van der Waals surface area contributed by atoms with Crippen molar-refractivity contribution in [3.8, 4) is 5.75 Å². The van der Waals surface area contributed by atoms with Gasteiger partial charge in [0.05, 0.1) is 5.69 Å². The second-order valence-electron chi connectivity index (χ2n) is 4.39. The van der Waals surface area contributed by atoms with Crippen molar-refractivity contribution in [1.29, 1.82) is 0 Å². The van der Waals surface area contributed by atoms with E-state index >= 15 is 0 Å². The molecule has 1 atom stereocenters. The van der Waals surface area contributed by atoms with Crippen LogP contribution in [0.3, 0.4) is 0 Å². The maximum absolute atomic E-state index is 13.7. The minimum Gasteiger partial charge on any atom is -0.508 e. The van der Waals surface area contributed by atoms with Gasteiger partial charge in [0.1, 0.15) is 11.6 Å². The van der Waals surface area contributed by atoms with Crippen molar-refractivity contribution >= 4 is 5.69 Å². The Bertz CT molecular complexity index is 516. The second kappa shape index (κ2) is 5.08. The van der Waals surface area contributed by atoms with Crippen LogP contribution in [-0.4, -0.2) is 5.11 Å². The third kappa shape index (κ3) is 2.62. The van der Waals surface area contributed by atoms with Gasteiger partial charge in [0.15, 0.2) is 0 Å². The van der Waals surface area contributed by atoms with Crippen LogP contribution < -0.4 is 5.32 Å². The summed E-state index contributed by atoms with van der Waals surface area (Å²) in [7, 11) is 0. The zero-order chi connectivity index (χ0) is 13.1. The highest BCUT2D eigenvalue weighted by Gasteiger charge is 2.10. The van der Waals surface area contributed by atoms with Crippen molar-refractivity contribution in [3.05, 3.63) is 59.4 Å². The first kappa shape index (κ1) is 12.4. The Balaban J connectivity index is 2.21. The van der Waals surface area contributed by atoms with E-state index in [9.17, 15) is 9.50 Å². The van der Waals surface area contributed by atoms with Crippen molar-refractivity contribution in [1.82, 2.24) is 0 Å². The molecule has 0 saturated carbocycles. The van der Waals surface area contributed by atoms with Crippen LogP contribution in [-0.2, 0) is 0 Å². The van der Waals surface area contributed by atoms with Crippen molar-refractivity contribution in [2.24, 2.45) is 0 Å². The van der Waals surface area contributed by atoms with Gasteiger partial charge in [-0.25, -0.2) is 4.39 Å². The topological polar surface area (TPSA) is 32.3 Å². The Morgan fingerprint density at radius 1 is 1.11 bits per heavy atom. The Hall–Kier alpha value is -2.03. The van der Waals surface area contributed by atoms with Crippen LogP contribution in [0, 0.1) is 12.7 Å². The molecule has 0 spiro atoms. The molecule has 0 aromatic heterocycles. The zero-order valence-corrected chi connectivity index (χ0v) is 10.4. The summed E-state index contributed by atoms with van der Waals surface area (Å²) in [6.45, 7) is 3.83. The standard InChI is InChI=1S/C15H16FNO/c1-10-4-3-5-14(16)15(10)17-11(2)12-6-8-13(18)9-7-12/h3-9,11,17-18H,1-2H3. The predicted octanol–water partition coefficient (Wildman–Crippen LogP) is 4.01. The molecular formula is C15H16FNO. The van der Waals surface area contributed by atoms with Crippen molar-refractivity contribution in [3.63, 3.8) is 0 Å². The van der Waals surface area contributed by atoms with Gasteiger partial charge in [-0.1, -0.05) is 24.3 Å². The van der Waals surface area contributed by atoms with Gasteiger partial charge in [0.25, 0.3) is 0 Å². The molecule has 0 saturated heterocycles. The fraction of sp³-hybridized carbons (Fsp3) is 0.200. The number of nitrogens with one attached hydrogen (secondary N) is 1. The average Bonchev–Trinajstić information content (AvgIpc) is 2.34. The molecule has 0 fully saturated rings. The van der Waals surface area contributed by atoms with E-state index in [1.807, 2.05) is 32.0 Å². The lowest BCUT2D eigenvalue weighted by Gasteiger charge is -2.18. The lowest BCUT2D eigenvalue weighted by atomic mass is 10.1. The Labute approximate surface area is 106 Å². The van der Waals surface area contributed by atoms with Gasteiger partial charge in [-0.2, -0.15) is 0 Å². The molecule has 0 aliphatic heterocycles. The van der Waals surface area contributed by atoms with Gasteiger partial charge >= 0.3 is 0 Å². The second-order valence-corrected chi connectivity index (χ2v) is 4.39. The summed E-state index contributed by atoms with van der Waals surface area (Å²) < 4.78 is 13.7. The molecule has 2 aromatic carbocycles. The Morgan fingerprint density at radius 3 is 2.39 bits per heavy atom. The van der Waals surface area contributed by atoms with E-state index in [0.29, 0.717) is 5.69 Å². The van der Waals surface area contributed by atoms with E-state index in [0.717, 1.165) is 11.1 Å². The average molecular weight is 245 g/mol. The summed E-state index contributed by atoms with van der Waals surface area (Å²) in [5.74, 6) is -0.0198. The molecule has 0 heterocycles. The third-order valence-electron chi connectivity index (χ3n) is 2.98. The molecule has 18 heavy (non-hydrogen) atoms. The van der Waals surface area contributed by atoms with Crippen LogP contribution in [0.25, 0.3) is 0 Å². The first-order chi connectivity index (χ1) is 8.58. The van der Waals surface area contributed by atoms with Crippen molar-refractivity contribution in [2.45, 2.75) is 19.9 Å². The number of hydrogen-bond acceptors (Lipinski definition) is 2. The van der Waals surface area contributed by atoms with E-state index in [4.69, 9.17) is 0 Å². The lowest BCUT2D eigenvalue weighted by Crippen LogP contribution is -2.09. The van der Waals surface area contributed by atoms with Crippen molar-refractivity contribution in [2.75, 3.05) is 5.32 Å². The normalized spacial score (nSPS) is 12.2. The first-order valence-electron chi connectivity index (χ1n) is 5.88. The molecule has 0 radical (unpaired) electrons. The number of halogens is 1. The molecule has 2 N–H and O–H groups in total. The van der Waals surface area contributed by atoms with Crippen LogP contribution in [0.4, 0.5) is 10.1 Å². The van der Waals surface area contributed by atoms with Gasteiger partial charge in [-0.15, -0.1) is 0 Å². The summed E-state index contributed by atoms with van der Waals surface area (Å²) in [5.41, 5.74) is 2.40. The number of phenols is 1. The molecule has 0 amide bonds. The number of rotatable bonds is 3. The summed E-state index contributed by atoms with van der Waals surface area (Å²) in [5, 5.41) is 12.4. The monoisotopic (exact) mass is 245 g/mol. The van der Waals surface area contributed by atoms with Gasteiger partial charge in [0.2, 0.25) is 0 Å². The molecule has 3 heteroatoms. The van der Waals surface area contributed by atoms with E-state index in [-0.39, 0.29) is 17.6 Å². The number of anilines is 1. The van der Waals surface area contributed by atoms with Crippen molar-refractivity contribution < 1.29 is 9.50 Å². The van der Waals surface area contributed by atoms with Crippen LogP contribution in [0.2, 0.25) is 0 Å². The van der Waals surface area contributed by atoms with Crippen LogP contribution in [0.15, 0.2) is 42.5 Å². The quantitative estimate of drug-likeness (QED) is 0.856. The van der Waals surface area contributed by atoms with Gasteiger partial charge < -0.3 is 10.4 Å². The Kier molecular flexibility index (Phi) is 3.51. The van der Waals surface area contributed by atoms with Crippen LogP contribution in [0.1, 0.15) is 24.1 Å². The highest BCUT2D eigenvalue weighted by atomic mass is 19.1. The smallest absolute Gasteiger partial charge is 0.146 e. The molecule has 2 rings (SSSR count). The lowest BCUT2D eigenvalue weighted by molar-refractivity contribution is 0.475. The van der Waals surface area contributed by atoms with E-state index in [2.05, 4.69) is 5.32 Å². The molecule has 2 aromatic rings. The molecule has 1 unspecified atom stereocenters.